The minimum atomic E-state index is -0.574. The molecule has 1 rings (SSSR count). The van der Waals surface area contributed by atoms with Gasteiger partial charge >= 0.3 is 0 Å². The molecule has 2 unspecified atom stereocenters. The summed E-state index contributed by atoms with van der Waals surface area (Å²) in [5.74, 6) is 2.38. The normalized spacial score (nSPS) is 29.2. The maximum absolute atomic E-state index is 11.4. The van der Waals surface area contributed by atoms with E-state index < -0.39 is 10.8 Å². The third-order valence-electron chi connectivity index (χ3n) is 2.42. The Bertz CT molecular complexity index is 180. The summed E-state index contributed by atoms with van der Waals surface area (Å²) in [7, 11) is -0.574. The van der Waals surface area contributed by atoms with E-state index in [-0.39, 0.29) is 0 Å². The summed E-state index contributed by atoms with van der Waals surface area (Å²) in [5, 5.41) is 0. The molecule has 1 heterocycles. The van der Waals surface area contributed by atoms with Gasteiger partial charge in [0.05, 0.1) is 12.9 Å². The van der Waals surface area contributed by atoms with E-state index in [2.05, 4.69) is 6.58 Å². The van der Waals surface area contributed by atoms with Gasteiger partial charge in [-0.3, -0.25) is 4.21 Å². The first-order valence-corrected chi connectivity index (χ1v) is 6.39. The predicted molar refractivity (Wildman–Crippen MR) is 56.0 cm³/mol. The first kappa shape index (κ1) is 10.8. The summed E-state index contributed by atoms with van der Waals surface area (Å²) in [6, 6.07) is 0. The SMILES string of the molecule is C=COCCC1CCCCS(=O)C1. The zero-order chi connectivity index (χ0) is 9.52. The summed E-state index contributed by atoms with van der Waals surface area (Å²) >= 11 is 0. The van der Waals surface area contributed by atoms with Gasteiger partial charge in [-0.15, -0.1) is 0 Å². The molecule has 1 aliphatic heterocycles. The fourth-order valence-corrected chi connectivity index (χ4v) is 3.22. The molecule has 0 aromatic carbocycles. The lowest BCUT2D eigenvalue weighted by Gasteiger charge is -2.12. The van der Waals surface area contributed by atoms with E-state index in [4.69, 9.17) is 4.74 Å². The van der Waals surface area contributed by atoms with E-state index in [1.165, 1.54) is 19.1 Å². The predicted octanol–water partition coefficient (Wildman–Crippen LogP) is 2.09. The molecule has 76 valence electrons. The van der Waals surface area contributed by atoms with Crippen LogP contribution in [0.2, 0.25) is 0 Å². The molecule has 0 bridgehead atoms. The quantitative estimate of drug-likeness (QED) is 0.515. The molecule has 0 aliphatic carbocycles. The number of rotatable bonds is 4. The molecule has 0 aromatic rings. The first-order valence-electron chi connectivity index (χ1n) is 4.90. The van der Waals surface area contributed by atoms with Crippen LogP contribution in [0.5, 0.6) is 0 Å². The van der Waals surface area contributed by atoms with E-state index in [9.17, 15) is 4.21 Å². The second-order valence-electron chi connectivity index (χ2n) is 3.50. The van der Waals surface area contributed by atoms with Gasteiger partial charge in [0.2, 0.25) is 0 Å². The molecule has 0 amide bonds. The number of ether oxygens (including phenoxy) is 1. The molecule has 0 N–H and O–H groups in total. The zero-order valence-corrected chi connectivity index (χ0v) is 8.85. The molecule has 2 atom stereocenters. The molecular weight excluding hydrogens is 184 g/mol. The van der Waals surface area contributed by atoms with Crippen molar-refractivity contribution >= 4 is 10.8 Å². The Morgan fingerprint density at radius 1 is 1.54 bits per heavy atom. The summed E-state index contributed by atoms with van der Waals surface area (Å²) in [4.78, 5) is 0. The monoisotopic (exact) mass is 202 g/mol. The van der Waals surface area contributed by atoms with E-state index in [1.54, 1.807) is 0 Å². The molecule has 3 heteroatoms. The van der Waals surface area contributed by atoms with E-state index >= 15 is 0 Å². The molecule has 1 aliphatic rings. The molecule has 0 aromatic heterocycles. The summed E-state index contributed by atoms with van der Waals surface area (Å²) in [6.45, 7) is 4.22. The van der Waals surface area contributed by atoms with Crippen LogP contribution in [0.4, 0.5) is 0 Å². The fourth-order valence-electron chi connectivity index (χ4n) is 1.67. The van der Waals surface area contributed by atoms with Gasteiger partial charge in [-0.2, -0.15) is 0 Å². The number of hydrogen-bond donors (Lipinski definition) is 0. The number of hydrogen-bond acceptors (Lipinski definition) is 2. The van der Waals surface area contributed by atoms with Crippen molar-refractivity contribution in [3.05, 3.63) is 12.8 Å². The lowest BCUT2D eigenvalue weighted by Crippen LogP contribution is -2.11. The second kappa shape index (κ2) is 6.19. The van der Waals surface area contributed by atoms with Crippen LogP contribution in [-0.2, 0) is 15.5 Å². The van der Waals surface area contributed by atoms with Gasteiger partial charge in [0.25, 0.3) is 0 Å². The minimum Gasteiger partial charge on any atom is -0.502 e. The lowest BCUT2D eigenvalue weighted by atomic mass is 10.0. The summed E-state index contributed by atoms with van der Waals surface area (Å²) in [5.41, 5.74) is 0. The Kier molecular flexibility index (Phi) is 5.13. The maximum atomic E-state index is 11.4. The van der Waals surface area contributed by atoms with Gasteiger partial charge in [0.15, 0.2) is 0 Å². The van der Waals surface area contributed by atoms with Crippen molar-refractivity contribution in [2.75, 3.05) is 18.1 Å². The Morgan fingerprint density at radius 2 is 2.38 bits per heavy atom. The molecular formula is C10H18O2S. The molecule has 2 nitrogen and oxygen atoms in total. The van der Waals surface area contributed by atoms with Crippen molar-refractivity contribution < 1.29 is 8.95 Å². The Balaban J connectivity index is 2.22. The largest absolute Gasteiger partial charge is 0.502 e. The van der Waals surface area contributed by atoms with Gasteiger partial charge in [0, 0.05) is 22.3 Å². The molecule has 13 heavy (non-hydrogen) atoms. The van der Waals surface area contributed by atoms with Crippen molar-refractivity contribution in [1.29, 1.82) is 0 Å². The molecule has 1 fully saturated rings. The highest BCUT2D eigenvalue weighted by molar-refractivity contribution is 7.84. The Hall–Kier alpha value is -0.310. The van der Waals surface area contributed by atoms with Gasteiger partial charge in [-0.1, -0.05) is 13.0 Å². The second-order valence-corrected chi connectivity index (χ2v) is 5.12. The maximum Gasteiger partial charge on any atom is 0.0875 e. The van der Waals surface area contributed by atoms with E-state index in [0.29, 0.717) is 5.92 Å². The average Bonchev–Trinajstić information content (AvgIpc) is 2.31. The van der Waals surface area contributed by atoms with Crippen molar-refractivity contribution in [2.45, 2.75) is 25.7 Å². The minimum absolute atomic E-state index is 0.574. The van der Waals surface area contributed by atoms with Crippen LogP contribution in [0.15, 0.2) is 12.8 Å². The zero-order valence-electron chi connectivity index (χ0n) is 8.04. The van der Waals surface area contributed by atoms with Crippen LogP contribution in [-0.4, -0.2) is 22.3 Å². The molecule has 0 spiro atoms. The lowest BCUT2D eigenvalue weighted by molar-refractivity contribution is 0.224. The van der Waals surface area contributed by atoms with Crippen molar-refractivity contribution in [3.8, 4) is 0 Å². The van der Waals surface area contributed by atoms with Crippen LogP contribution >= 0.6 is 0 Å². The van der Waals surface area contributed by atoms with Crippen LogP contribution in [0.25, 0.3) is 0 Å². The van der Waals surface area contributed by atoms with Gasteiger partial charge in [-0.05, 0) is 25.2 Å². The van der Waals surface area contributed by atoms with Crippen LogP contribution in [0.1, 0.15) is 25.7 Å². The first-order chi connectivity index (χ1) is 6.33. The standard InChI is InChI=1S/C10H18O2S/c1-2-12-7-6-10-5-3-4-8-13(11)9-10/h2,10H,1,3-9H2. The molecule has 0 radical (unpaired) electrons. The van der Waals surface area contributed by atoms with Crippen LogP contribution in [0, 0.1) is 5.92 Å². The highest BCUT2D eigenvalue weighted by atomic mass is 32.2. The van der Waals surface area contributed by atoms with Gasteiger partial charge in [-0.25, -0.2) is 0 Å². The average molecular weight is 202 g/mol. The molecule has 1 saturated heterocycles. The Labute approximate surface area is 82.8 Å². The van der Waals surface area contributed by atoms with Crippen molar-refractivity contribution in [1.82, 2.24) is 0 Å². The Morgan fingerprint density at radius 3 is 3.15 bits per heavy atom. The fraction of sp³-hybridized carbons (Fsp3) is 0.800. The van der Waals surface area contributed by atoms with Crippen molar-refractivity contribution in [3.63, 3.8) is 0 Å². The van der Waals surface area contributed by atoms with Crippen LogP contribution in [0.3, 0.4) is 0 Å². The topological polar surface area (TPSA) is 26.3 Å². The smallest absolute Gasteiger partial charge is 0.0875 e. The van der Waals surface area contributed by atoms with E-state index in [0.717, 1.165) is 31.0 Å². The third kappa shape index (κ3) is 4.46. The van der Waals surface area contributed by atoms with Crippen LogP contribution < -0.4 is 0 Å². The third-order valence-corrected chi connectivity index (χ3v) is 4.00. The van der Waals surface area contributed by atoms with Gasteiger partial charge in [0.1, 0.15) is 0 Å². The summed E-state index contributed by atoms with van der Waals surface area (Å²) in [6.07, 6.45) is 6.08. The highest BCUT2D eigenvalue weighted by Crippen LogP contribution is 2.18. The summed E-state index contributed by atoms with van der Waals surface area (Å²) < 4.78 is 16.5. The van der Waals surface area contributed by atoms with Crippen molar-refractivity contribution in [2.24, 2.45) is 5.92 Å². The van der Waals surface area contributed by atoms with E-state index in [1.807, 2.05) is 0 Å². The highest BCUT2D eigenvalue weighted by Gasteiger charge is 2.16. The van der Waals surface area contributed by atoms with Gasteiger partial charge < -0.3 is 4.74 Å². The molecule has 0 saturated carbocycles.